The van der Waals surface area contributed by atoms with E-state index in [2.05, 4.69) is 15.5 Å². The third-order valence-electron chi connectivity index (χ3n) is 5.55. The normalized spacial score (nSPS) is 12.2. The Balaban J connectivity index is 1.68. The van der Waals surface area contributed by atoms with E-state index in [1.54, 1.807) is 30.3 Å². The summed E-state index contributed by atoms with van der Waals surface area (Å²) in [5, 5.41) is 25.1. The SMILES string of the molecule is COc1cccc(/C=N/Nc2nc3c(c(=O)n(C)c(=O)n3C)n2CC(O)COc2ccccc2)c1O. The number of aliphatic hydroxyl groups is 1. The van der Waals surface area contributed by atoms with Gasteiger partial charge in [0.25, 0.3) is 5.56 Å². The first-order chi connectivity index (χ1) is 17.3. The van der Waals surface area contributed by atoms with Crippen molar-refractivity contribution in [2.45, 2.75) is 12.6 Å². The molecular formula is C24H26N6O6. The Labute approximate surface area is 205 Å². The van der Waals surface area contributed by atoms with Crippen molar-refractivity contribution in [3.05, 3.63) is 74.9 Å². The minimum absolute atomic E-state index is 0.0455. The predicted octanol–water partition coefficient (Wildman–Crippen LogP) is 1.03. The lowest BCUT2D eigenvalue weighted by molar-refractivity contribution is 0.0938. The Hall–Kier alpha value is -4.58. The van der Waals surface area contributed by atoms with E-state index in [9.17, 15) is 19.8 Å². The fraction of sp³-hybridized carbons (Fsp3) is 0.250. The molecule has 1 atom stereocenters. The van der Waals surface area contributed by atoms with Crippen LogP contribution in [0.15, 0.2) is 63.2 Å². The Morgan fingerprint density at radius 3 is 2.58 bits per heavy atom. The van der Waals surface area contributed by atoms with Gasteiger partial charge in [0, 0.05) is 19.7 Å². The number of phenolic OH excluding ortho intramolecular Hbond substituents is 1. The number of ether oxygens (including phenoxy) is 2. The summed E-state index contributed by atoms with van der Waals surface area (Å²) in [6.45, 7) is -0.116. The molecule has 0 saturated heterocycles. The molecule has 12 heteroatoms. The van der Waals surface area contributed by atoms with Gasteiger partial charge in [0.15, 0.2) is 22.7 Å². The standard InChI is InChI=1S/C24H26N6O6/c1-28-21-19(22(33)29(2)24(28)34)30(13-16(31)14-36-17-9-5-4-6-10-17)23(26-21)27-25-12-15-8-7-11-18(35-3)20(15)32/h4-12,16,31-32H,13-14H2,1-3H3,(H,26,27)/b25-12+. The number of hydrogen-bond acceptors (Lipinski definition) is 9. The Kier molecular flexibility index (Phi) is 7.06. The maximum absolute atomic E-state index is 13.0. The molecule has 0 spiro atoms. The zero-order chi connectivity index (χ0) is 25.8. The van der Waals surface area contributed by atoms with Gasteiger partial charge < -0.3 is 24.3 Å². The van der Waals surface area contributed by atoms with Crippen molar-refractivity contribution >= 4 is 23.3 Å². The lowest BCUT2D eigenvalue weighted by Gasteiger charge is -2.15. The summed E-state index contributed by atoms with van der Waals surface area (Å²) < 4.78 is 14.4. The van der Waals surface area contributed by atoms with E-state index in [0.29, 0.717) is 11.3 Å². The molecule has 12 nitrogen and oxygen atoms in total. The highest BCUT2D eigenvalue weighted by molar-refractivity contribution is 5.85. The summed E-state index contributed by atoms with van der Waals surface area (Å²) in [6, 6.07) is 13.9. The zero-order valence-electron chi connectivity index (χ0n) is 20.0. The van der Waals surface area contributed by atoms with Gasteiger partial charge in [-0.25, -0.2) is 10.2 Å². The molecular weight excluding hydrogens is 468 g/mol. The monoisotopic (exact) mass is 494 g/mol. The molecule has 0 radical (unpaired) electrons. The lowest BCUT2D eigenvalue weighted by Crippen LogP contribution is -2.38. The molecule has 2 aromatic carbocycles. The van der Waals surface area contributed by atoms with Gasteiger partial charge in [-0.3, -0.25) is 13.9 Å². The third-order valence-corrected chi connectivity index (χ3v) is 5.55. The van der Waals surface area contributed by atoms with Crippen LogP contribution in [-0.4, -0.2) is 54.9 Å². The molecule has 2 heterocycles. The number of phenols is 1. The lowest BCUT2D eigenvalue weighted by atomic mass is 10.2. The highest BCUT2D eigenvalue weighted by Gasteiger charge is 2.21. The van der Waals surface area contributed by atoms with Gasteiger partial charge in [-0.1, -0.05) is 24.3 Å². The van der Waals surface area contributed by atoms with Crippen molar-refractivity contribution < 1.29 is 19.7 Å². The largest absolute Gasteiger partial charge is 0.504 e. The van der Waals surface area contributed by atoms with E-state index in [1.165, 1.54) is 36.6 Å². The molecule has 36 heavy (non-hydrogen) atoms. The van der Waals surface area contributed by atoms with E-state index in [4.69, 9.17) is 9.47 Å². The molecule has 0 fully saturated rings. The van der Waals surface area contributed by atoms with Crippen LogP contribution in [0.5, 0.6) is 17.2 Å². The minimum Gasteiger partial charge on any atom is -0.504 e. The van der Waals surface area contributed by atoms with Crippen LogP contribution < -0.4 is 26.1 Å². The van der Waals surface area contributed by atoms with Gasteiger partial charge in [-0.15, -0.1) is 0 Å². The summed E-state index contributed by atoms with van der Waals surface area (Å²) in [4.78, 5) is 29.8. The van der Waals surface area contributed by atoms with Gasteiger partial charge in [-0.05, 0) is 24.3 Å². The number of aryl methyl sites for hydroxylation is 1. The molecule has 0 bridgehead atoms. The average molecular weight is 495 g/mol. The van der Waals surface area contributed by atoms with Gasteiger partial charge >= 0.3 is 5.69 Å². The summed E-state index contributed by atoms with van der Waals surface area (Å²) in [5.41, 5.74) is 2.25. The number of anilines is 1. The number of benzene rings is 2. The molecule has 2 aromatic heterocycles. The third kappa shape index (κ3) is 4.79. The topological polar surface area (TPSA) is 145 Å². The van der Waals surface area contributed by atoms with Crippen molar-refractivity contribution in [1.29, 1.82) is 0 Å². The summed E-state index contributed by atoms with van der Waals surface area (Å²) in [7, 11) is 4.30. The highest BCUT2D eigenvalue weighted by atomic mass is 16.5. The van der Waals surface area contributed by atoms with Crippen molar-refractivity contribution in [3.63, 3.8) is 0 Å². The van der Waals surface area contributed by atoms with Gasteiger partial charge in [0.2, 0.25) is 5.95 Å². The van der Waals surface area contributed by atoms with Crippen LogP contribution in [0.4, 0.5) is 5.95 Å². The molecule has 4 aromatic rings. The predicted molar refractivity (Wildman–Crippen MR) is 134 cm³/mol. The van der Waals surface area contributed by atoms with Crippen LogP contribution in [-0.2, 0) is 20.6 Å². The van der Waals surface area contributed by atoms with Gasteiger partial charge in [0.1, 0.15) is 18.5 Å². The number of aromatic nitrogens is 4. The molecule has 1 unspecified atom stereocenters. The fourth-order valence-corrected chi connectivity index (χ4v) is 3.65. The van der Waals surface area contributed by atoms with Crippen LogP contribution in [0.1, 0.15) is 5.56 Å². The minimum atomic E-state index is -1.02. The van der Waals surface area contributed by atoms with E-state index < -0.39 is 17.4 Å². The molecule has 188 valence electrons. The van der Waals surface area contributed by atoms with Crippen LogP contribution in [0.25, 0.3) is 11.2 Å². The summed E-state index contributed by atoms with van der Waals surface area (Å²) in [6.07, 6.45) is 0.338. The van der Waals surface area contributed by atoms with Crippen LogP contribution in [0.2, 0.25) is 0 Å². The van der Waals surface area contributed by atoms with Crippen LogP contribution in [0, 0.1) is 0 Å². The maximum atomic E-state index is 13.0. The van der Waals surface area contributed by atoms with Crippen LogP contribution in [0.3, 0.4) is 0 Å². The zero-order valence-corrected chi connectivity index (χ0v) is 20.0. The van der Waals surface area contributed by atoms with E-state index in [0.717, 1.165) is 4.57 Å². The number of para-hydroxylation sites is 2. The van der Waals surface area contributed by atoms with Crippen molar-refractivity contribution in [2.75, 3.05) is 19.1 Å². The number of methoxy groups -OCH3 is 1. The fourth-order valence-electron chi connectivity index (χ4n) is 3.65. The highest BCUT2D eigenvalue weighted by Crippen LogP contribution is 2.28. The molecule has 0 amide bonds. The Morgan fingerprint density at radius 1 is 1.11 bits per heavy atom. The number of nitrogens with one attached hydrogen (secondary N) is 1. The van der Waals surface area contributed by atoms with Gasteiger partial charge in [0.05, 0.1) is 19.9 Å². The Bertz CT molecular complexity index is 1520. The summed E-state index contributed by atoms with van der Waals surface area (Å²) in [5.74, 6) is 0.891. The molecule has 0 aliphatic rings. The number of aliphatic hydroxyl groups excluding tert-OH is 1. The second-order valence-corrected chi connectivity index (χ2v) is 7.97. The first-order valence-corrected chi connectivity index (χ1v) is 11.0. The summed E-state index contributed by atoms with van der Waals surface area (Å²) >= 11 is 0. The first kappa shape index (κ1) is 24.5. The average Bonchev–Trinajstić information content (AvgIpc) is 3.24. The smallest absolute Gasteiger partial charge is 0.332 e. The number of nitrogens with zero attached hydrogens (tertiary/aromatic N) is 5. The number of imidazole rings is 1. The number of aromatic hydroxyl groups is 1. The van der Waals surface area contributed by atoms with Crippen molar-refractivity contribution in [1.82, 2.24) is 18.7 Å². The van der Waals surface area contributed by atoms with Crippen molar-refractivity contribution in [3.8, 4) is 17.2 Å². The second kappa shape index (κ2) is 10.4. The number of rotatable bonds is 9. The number of hydrazone groups is 1. The van der Waals surface area contributed by atoms with Crippen molar-refractivity contribution in [2.24, 2.45) is 19.2 Å². The Morgan fingerprint density at radius 2 is 1.86 bits per heavy atom. The maximum Gasteiger partial charge on any atom is 0.332 e. The second-order valence-electron chi connectivity index (χ2n) is 7.97. The molecule has 0 aliphatic heterocycles. The quantitative estimate of drug-likeness (QED) is 0.231. The van der Waals surface area contributed by atoms with Crippen LogP contribution >= 0.6 is 0 Å². The van der Waals surface area contributed by atoms with E-state index >= 15 is 0 Å². The first-order valence-electron chi connectivity index (χ1n) is 11.0. The molecule has 0 aliphatic carbocycles. The van der Waals surface area contributed by atoms with Gasteiger partial charge in [-0.2, -0.15) is 10.1 Å². The van der Waals surface area contributed by atoms with E-state index in [1.807, 2.05) is 18.2 Å². The molecule has 0 saturated carbocycles. The molecule has 4 rings (SSSR count). The van der Waals surface area contributed by atoms with E-state index in [-0.39, 0.29) is 41.8 Å². The number of fused-ring (bicyclic) bond motifs is 1. The molecule has 3 N–H and O–H groups in total. The number of hydrogen-bond donors (Lipinski definition) is 3.